The van der Waals surface area contributed by atoms with Gasteiger partial charge in [-0.1, -0.05) is 149 Å². The predicted molar refractivity (Wildman–Crippen MR) is 334 cm³/mol. The average Bonchev–Trinajstić information content (AvgIpc) is 3.20. The summed E-state index contributed by atoms with van der Waals surface area (Å²) in [6, 6.07) is 17.9. The van der Waals surface area contributed by atoms with Gasteiger partial charge in [-0.3, -0.25) is 0 Å². The van der Waals surface area contributed by atoms with E-state index in [2.05, 4.69) is 203 Å². The minimum Gasteiger partial charge on any atom is -0.541 e. The number of esters is 2. The maximum Gasteiger partial charge on any atom is 0.343 e. The van der Waals surface area contributed by atoms with Crippen molar-refractivity contribution in [3.8, 4) is 46.0 Å². The molecule has 10 nitrogen and oxygen atoms in total. The van der Waals surface area contributed by atoms with E-state index in [0.29, 0.717) is 45.3 Å². The van der Waals surface area contributed by atoms with Crippen LogP contribution in [0.3, 0.4) is 0 Å². The molecule has 4 aromatic carbocycles. The molecule has 16 heteroatoms. The molecule has 424 valence electrons. The standard InChI is InChI=1S/C60H100O10Si6/c1-55(2,3)71(19,20)65-46-37-42(38-47(66-72(21,22)56(4,5)6)51(46)69-75(27,28)59(13,14)15)53(61)63-44-35-31-33-41-34-32-36-45(50(41)44)64-54(62)43-39-48(67-73(23,24)57(7,8)9)52(70-76(29,30)60(16,17)18)49(40-43)68-74(25,26)58(10,11)12/h31-40H,1-30H3. The van der Waals surface area contributed by atoms with Crippen LogP contribution in [0.4, 0.5) is 0 Å². The van der Waals surface area contributed by atoms with Gasteiger partial charge in [0.2, 0.25) is 0 Å². The van der Waals surface area contributed by atoms with Crippen LogP contribution in [-0.4, -0.2) is 61.8 Å². The minimum atomic E-state index is -2.53. The van der Waals surface area contributed by atoms with Crippen LogP contribution in [0, 0.1) is 0 Å². The number of hydrogen-bond acceptors (Lipinski definition) is 10. The maximum absolute atomic E-state index is 15.0. The van der Waals surface area contributed by atoms with E-state index in [0.717, 1.165) is 0 Å². The molecule has 4 rings (SSSR count). The van der Waals surface area contributed by atoms with E-state index in [9.17, 15) is 9.59 Å². The summed E-state index contributed by atoms with van der Waals surface area (Å²) in [5, 5.41) is 0.178. The lowest BCUT2D eigenvalue weighted by Gasteiger charge is -2.42. The summed E-state index contributed by atoms with van der Waals surface area (Å²) >= 11 is 0. The topological polar surface area (TPSA) is 108 Å². The number of carbonyl (C=O) groups is 2. The minimum absolute atomic E-state index is 0.146. The van der Waals surface area contributed by atoms with E-state index in [1.807, 2.05) is 24.3 Å². The van der Waals surface area contributed by atoms with E-state index >= 15 is 0 Å². The molecule has 0 aliphatic carbocycles. The highest BCUT2D eigenvalue weighted by molar-refractivity contribution is 6.77. The molecular weight excluding hydrogens is 1050 g/mol. The molecule has 0 aliphatic rings. The van der Waals surface area contributed by atoms with Crippen molar-refractivity contribution < 1.29 is 45.6 Å². The Balaban J connectivity index is 1.98. The normalized spacial score (nSPS) is 14.0. The van der Waals surface area contributed by atoms with E-state index in [1.165, 1.54) is 0 Å². The zero-order valence-electron chi connectivity index (χ0n) is 52.9. The molecule has 0 amide bonds. The van der Waals surface area contributed by atoms with Gasteiger partial charge in [-0.2, -0.15) is 0 Å². The van der Waals surface area contributed by atoms with Crippen molar-refractivity contribution in [1.29, 1.82) is 0 Å². The van der Waals surface area contributed by atoms with Crippen LogP contribution in [-0.2, 0) is 0 Å². The first kappa shape index (κ1) is 64.7. The summed E-state index contributed by atoms with van der Waals surface area (Å²) in [4.78, 5) is 29.9. The average molecular weight is 1150 g/mol. The lowest BCUT2D eigenvalue weighted by atomic mass is 10.1. The monoisotopic (exact) mass is 1150 g/mol. The zero-order chi connectivity index (χ0) is 58.8. The zero-order valence-corrected chi connectivity index (χ0v) is 58.9. The number of hydrogen-bond donors (Lipinski definition) is 0. The molecule has 0 atom stereocenters. The Morgan fingerprint density at radius 1 is 0.316 bits per heavy atom. The van der Waals surface area contributed by atoms with Gasteiger partial charge in [0, 0.05) is 0 Å². The Bertz CT molecular complexity index is 2490. The van der Waals surface area contributed by atoms with E-state index in [4.69, 9.17) is 36.0 Å². The molecule has 4 aromatic rings. The van der Waals surface area contributed by atoms with Gasteiger partial charge in [0.05, 0.1) is 16.5 Å². The number of ether oxygens (including phenoxy) is 2. The van der Waals surface area contributed by atoms with Gasteiger partial charge in [-0.05, 0) is 151 Å². The molecular formula is C60H100O10Si6. The summed E-state index contributed by atoms with van der Waals surface area (Å²) in [5.41, 5.74) is 0.472. The fraction of sp³-hybridized carbons (Fsp3) is 0.600. The molecule has 0 N–H and O–H groups in total. The Labute approximate surface area is 466 Å². The van der Waals surface area contributed by atoms with Crippen molar-refractivity contribution in [2.75, 3.05) is 0 Å². The Kier molecular flexibility index (Phi) is 18.2. The van der Waals surface area contributed by atoms with Crippen LogP contribution in [0.2, 0.25) is 109 Å². The molecule has 0 aromatic heterocycles. The number of rotatable bonds is 16. The lowest BCUT2D eigenvalue weighted by molar-refractivity contribution is 0.0735. The first-order chi connectivity index (χ1) is 33.8. The van der Waals surface area contributed by atoms with Crippen LogP contribution in [0.25, 0.3) is 10.8 Å². The van der Waals surface area contributed by atoms with Gasteiger partial charge >= 0.3 is 11.9 Å². The van der Waals surface area contributed by atoms with Gasteiger partial charge in [0.25, 0.3) is 49.9 Å². The summed E-state index contributed by atoms with van der Waals surface area (Å²) in [7, 11) is -15.1. The summed E-state index contributed by atoms with van der Waals surface area (Å²) < 4.78 is 55.9. The van der Waals surface area contributed by atoms with Gasteiger partial charge in [0.1, 0.15) is 34.5 Å². The third-order valence-electron chi connectivity index (χ3n) is 17.8. The van der Waals surface area contributed by atoms with Gasteiger partial charge in [0.15, 0.2) is 11.5 Å². The Morgan fingerprint density at radius 2 is 0.526 bits per heavy atom. The van der Waals surface area contributed by atoms with Gasteiger partial charge in [-0.25, -0.2) is 9.59 Å². The SMILES string of the molecule is CC(C)(C)[Si](C)(C)Oc1cc(C(=O)Oc2cccc3cccc(OC(=O)c4cc(O[Si](C)(C)C(C)(C)C)c(O[Si](C)(C)C(C)(C)C)c(O[Si](C)(C)C(C)(C)C)c4)c23)cc(O[Si](C)(C)C(C)(C)C)c1O[Si](C)(C)C(C)(C)C. The Hall–Kier alpha value is -3.82. The van der Waals surface area contributed by atoms with E-state index in [1.54, 1.807) is 36.4 Å². The van der Waals surface area contributed by atoms with Crippen molar-refractivity contribution in [1.82, 2.24) is 0 Å². The molecule has 0 saturated heterocycles. The highest BCUT2D eigenvalue weighted by Gasteiger charge is 2.48. The van der Waals surface area contributed by atoms with Crippen LogP contribution >= 0.6 is 0 Å². The molecule has 0 radical (unpaired) electrons. The van der Waals surface area contributed by atoms with E-state index in [-0.39, 0.29) is 52.9 Å². The third kappa shape index (κ3) is 14.5. The molecule has 0 spiro atoms. The molecule has 0 saturated carbocycles. The van der Waals surface area contributed by atoms with Crippen LogP contribution in [0.5, 0.6) is 46.0 Å². The number of benzene rings is 4. The number of fused-ring (bicyclic) bond motifs is 1. The van der Waals surface area contributed by atoms with Gasteiger partial charge < -0.3 is 36.0 Å². The summed E-state index contributed by atoms with van der Waals surface area (Å²) in [6.07, 6.45) is 0. The summed E-state index contributed by atoms with van der Waals surface area (Å²) in [5.74, 6) is 2.04. The molecule has 0 unspecified atom stereocenters. The molecule has 0 fully saturated rings. The maximum atomic E-state index is 15.0. The predicted octanol–water partition coefficient (Wildman–Crippen LogP) is 19.6. The highest BCUT2D eigenvalue weighted by Crippen LogP contribution is 2.53. The first-order valence-electron chi connectivity index (χ1n) is 27.2. The van der Waals surface area contributed by atoms with Crippen molar-refractivity contribution >= 4 is 72.6 Å². The van der Waals surface area contributed by atoms with Crippen LogP contribution in [0.1, 0.15) is 145 Å². The second-order valence-electron chi connectivity index (χ2n) is 30.2. The second-order valence-corrected chi connectivity index (χ2v) is 58.5. The quantitative estimate of drug-likeness (QED) is 0.0611. The fourth-order valence-electron chi connectivity index (χ4n) is 6.18. The van der Waals surface area contributed by atoms with Crippen LogP contribution < -0.4 is 36.0 Å². The van der Waals surface area contributed by atoms with Gasteiger partial charge in [-0.15, -0.1) is 0 Å². The summed E-state index contributed by atoms with van der Waals surface area (Å²) in [6.45, 7) is 65.8. The second kappa shape index (κ2) is 21.3. The molecule has 0 heterocycles. The Morgan fingerprint density at radius 3 is 0.737 bits per heavy atom. The lowest BCUT2D eigenvalue weighted by Crippen LogP contribution is -2.47. The van der Waals surface area contributed by atoms with Crippen LogP contribution in [0.15, 0.2) is 60.7 Å². The fourth-order valence-corrected chi connectivity index (χ4v) is 12.2. The van der Waals surface area contributed by atoms with Crippen molar-refractivity contribution in [3.05, 3.63) is 71.8 Å². The smallest absolute Gasteiger partial charge is 0.343 e. The van der Waals surface area contributed by atoms with Crippen molar-refractivity contribution in [2.24, 2.45) is 0 Å². The molecule has 0 bridgehead atoms. The molecule has 0 aliphatic heterocycles. The third-order valence-corrected chi connectivity index (χ3v) is 43.8. The number of carbonyl (C=O) groups excluding carboxylic acids is 2. The van der Waals surface area contributed by atoms with Crippen molar-refractivity contribution in [3.63, 3.8) is 0 Å². The van der Waals surface area contributed by atoms with E-state index < -0.39 is 61.8 Å². The van der Waals surface area contributed by atoms with Crippen molar-refractivity contribution in [2.45, 2.75) is 233 Å². The first-order valence-corrected chi connectivity index (χ1v) is 44.7. The molecule has 76 heavy (non-hydrogen) atoms. The largest absolute Gasteiger partial charge is 0.541 e. The highest BCUT2D eigenvalue weighted by atomic mass is 28.4.